The minimum absolute atomic E-state index is 0.0712. The molecule has 2 rings (SSSR count). The zero-order valence-electron chi connectivity index (χ0n) is 8.21. The average molecular weight is 275 g/mol. The van der Waals surface area contributed by atoms with E-state index in [2.05, 4.69) is 9.97 Å². The molecule has 0 fully saturated rings. The summed E-state index contributed by atoms with van der Waals surface area (Å²) in [4.78, 5) is 17.2. The molecule has 88 valence electrons. The number of benzene rings is 1. The van der Waals surface area contributed by atoms with Crippen LogP contribution >= 0.6 is 23.2 Å². The first kappa shape index (κ1) is 11.9. The maximum Gasteiger partial charge on any atom is 0.273 e. The van der Waals surface area contributed by atoms with E-state index >= 15 is 0 Å². The Bertz CT molecular complexity index is 615. The van der Waals surface area contributed by atoms with Gasteiger partial charge in [0.15, 0.2) is 5.02 Å². The Hall–Kier alpha value is -1.59. The number of nitrogens with zero attached hydrogens (tertiary/aromatic N) is 1. The summed E-state index contributed by atoms with van der Waals surface area (Å²) in [7, 11) is 0. The fourth-order valence-corrected chi connectivity index (χ4v) is 1.40. The SMILES string of the molecule is O=c1[nH]cnc(Oc2ccc(F)c(Cl)c2)c1Cl. The van der Waals surface area contributed by atoms with Gasteiger partial charge in [0, 0.05) is 6.07 Å². The largest absolute Gasteiger partial charge is 0.437 e. The van der Waals surface area contributed by atoms with Crippen molar-refractivity contribution in [3.8, 4) is 11.6 Å². The monoisotopic (exact) mass is 274 g/mol. The molecule has 0 atom stereocenters. The van der Waals surface area contributed by atoms with Crippen molar-refractivity contribution in [1.29, 1.82) is 0 Å². The highest BCUT2D eigenvalue weighted by molar-refractivity contribution is 6.31. The molecule has 0 aliphatic carbocycles. The first-order valence-electron chi connectivity index (χ1n) is 4.44. The van der Waals surface area contributed by atoms with E-state index in [1.807, 2.05) is 0 Å². The van der Waals surface area contributed by atoms with Crippen molar-refractivity contribution in [3.63, 3.8) is 0 Å². The molecule has 0 aliphatic heterocycles. The molecular weight excluding hydrogens is 270 g/mol. The smallest absolute Gasteiger partial charge is 0.273 e. The van der Waals surface area contributed by atoms with Crippen molar-refractivity contribution >= 4 is 23.2 Å². The van der Waals surface area contributed by atoms with Gasteiger partial charge in [-0.2, -0.15) is 0 Å². The number of rotatable bonds is 2. The number of halogens is 3. The van der Waals surface area contributed by atoms with Crippen molar-refractivity contribution in [2.45, 2.75) is 0 Å². The van der Waals surface area contributed by atoms with Gasteiger partial charge >= 0.3 is 0 Å². The molecule has 0 radical (unpaired) electrons. The van der Waals surface area contributed by atoms with E-state index in [4.69, 9.17) is 27.9 Å². The summed E-state index contributed by atoms with van der Waals surface area (Å²) in [6, 6.07) is 3.75. The minimum atomic E-state index is -0.566. The Morgan fingerprint density at radius 2 is 2.12 bits per heavy atom. The van der Waals surface area contributed by atoms with Gasteiger partial charge in [-0.05, 0) is 12.1 Å². The zero-order chi connectivity index (χ0) is 12.4. The summed E-state index contributed by atoms with van der Waals surface area (Å²) < 4.78 is 18.1. The fraction of sp³-hybridized carbons (Fsp3) is 0. The van der Waals surface area contributed by atoms with Crippen LogP contribution in [0.25, 0.3) is 0 Å². The van der Waals surface area contributed by atoms with Crippen LogP contribution in [-0.4, -0.2) is 9.97 Å². The molecule has 1 heterocycles. The maximum atomic E-state index is 12.9. The molecule has 2 aromatic rings. The number of H-pyrrole nitrogens is 1. The van der Waals surface area contributed by atoms with Crippen LogP contribution in [-0.2, 0) is 0 Å². The maximum absolute atomic E-state index is 12.9. The molecule has 0 spiro atoms. The predicted molar refractivity (Wildman–Crippen MR) is 61.4 cm³/mol. The number of nitrogens with one attached hydrogen (secondary N) is 1. The van der Waals surface area contributed by atoms with E-state index < -0.39 is 11.4 Å². The fourth-order valence-electron chi connectivity index (χ4n) is 1.09. The lowest BCUT2D eigenvalue weighted by Crippen LogP contribution is -2.07. The van der Waals surface area contributed by atoms with Crippen molar-refractivity contribution in [3.05, 3.63) is 50.7 Å². The Morgan fingerprint density at radius 3 is 2.82 bits per heavy atom. The third-order valence-electron chi connectivity index (χ3n) is 1.87. The normalized spacial score (nSPS) is 10.3. The second-order valence-electron chi connectivity index (χ2n) is 3.03. The van der Waals surface area contributed by atoms with Gasteiger partial charge in [-0.25, -0.2) is 9.37 Å². The standard InChI is InChI=1S/C10H5Cl2FN2O2/c11-6-3-5(1-2-7(6)13)17-10-8(12)9(16)14-4-15-10/h1-4H,(H,14,15,16). The molecule has 0 amide bonds. The van der Waals surface area contributed by atoms with Crippen LogP contribution in [0.1, 0.15) is 0 Å². The lowest BCUT2D eigenvalue weighted by atomic mass is 10.3. The molecule has 0 saturated carbocycles. The summed E-state index contributed by atoms with van der Waals surface area (Å²) >= 11 is 11.3. The van der Waals surface area contributed by atoms with E-state index in [0.717, 1.165) is 12.4 Å². The molecule has 1 aromatic carbocycles. The third-order valence-corrected chi connectivity index (χ3v) is 2.49. The van der Waals surface area contributed by atoms with Crippen molar-refractivity contribution in [2.24, 2.45) is 0 Å². The predicted octanol–water partition coefficient (Wildman–Crippen LogP) is 3.01. The number of hydrogen-bond donors (Lipinski definition) is 1. The van der Waals surface area contributed by atoms with Gasteiger partial charge in [0.1, 0.15) is 11.6 Å². The molecule has 0 bridgehead atoms. The van der Waals surface area contributed by atoms with Crippen molar-refractivity contribution < 1.29 is 9.13 Å². The summed E-state index contributed by atoms with van der Waals surface area (Å²) in [6.07, 6.45) is 1.15. The van der Waals surface area contributed by atoms with Crippen molar-refractivity contribution in [2.75, 3.05) is 0 Å². The zero-order valence-corrected chi connectivity index (χ0v) is 9.72. The van der Waals surface area contributed by atoms with E-state index in [-0.39, 0.29) is 21.7 Å². The highest BCUT2D eigenvalue weighted by Gasteiger charge is 2.09. The molecule has 17 heavy (non-hydrogen) atoms. The Morgan fingerprint density at radius 1 is 1.35 bits per heavy atom. The van der Waals surface area contributed by atoms with E-state index in [1.54, 1.807) is 0 Å². The molecule has 1 aromatic heterocycles. The van der Waals surface area contributed by atoms with Crippen LogP contribution in [0.4, 0.5) is 4.39 Å². The van der Waals surface area contributed by atoms with Gasteiger partial charge in [0.25, 0.3) is 5.56 Å². The Kier molecular flexibility index (Phi) is 3.31. The first-order chi connectivity index (χ1) is 8.08. The topological polar surface area (TPSA) is 55.0 Å². The van der Waals surface area contributed by atoms with Gasteiger partial charge in [-0.1, -0.05) is 23.2 Å². The van der Waals surface area contributed by atoms with Gasteiger partial charge in [0.05, 0.1) is 11.3 Å². The Balaban J connectivity index is 2.35. The van der Waals surface area contributed by atoms with Crippen LogP contribution in [0.2, 0.25) is 10.0 Å². The van der Waals surface area contributed by atoms with Crippen LogP contribution in [0.3, 0.4) is 0 Å². The quantitative estimate of drug-likeness (QED) is 0.916. The van der Waals surface area contributed by atoms with Gasteiger partial charge in [-0.3, -0.25) is 4.79 Å². The summed E-state index contributed by atoms with van der Waals surface area (Å²) in [6.45, 7) is 0. The lowest BCUT2D eigenvalue weighted by Gasteiger charge is -2.05. The first-order valence-corrected chi connectivity index (χ1v) is 5.19. The van der Waals surface area contributed by atoms with Gasteiger partial charge in [0.2, 0.25) is 5.88 Å². The summed E-state index contributed by atoms with van der Waals surface area (Å²) in [5, 5.41) is -0.281. The van der Waals surface area contributed by atoms with E-state index in [0.29, 0.717) is 0 Å². The molecule has 0 aliphatic rings. The number of hydrogen-bond acceptors (Lipinski definition) is 3. The highest BCUT2D eigenvalue weighted by atomic mass is 35.5. The van der Waals surface area contributed by atoms with E-state index in [1.165, 1.54) is 12.1 Å². The second kappa shape index (κ2) is 4.73. The number of ether oxygens (including phenoxy) is 1. The van der Waals surface area contributed by atoms with E-state index in [9.17, 15) is 9.18 Å². The van der Waals surface area contributed by atoms with Gasteiger partial charge in [-0.15, -0.1) is 0 Å². The molecule has 0 saturated heterocycles. The van der Waals surface area contributed by atoms with Gasteiger partial charge < -0.3 is 9.72 Å². The Labute approximate surface area is 105 Å². The summed E-state index contributed by atoms with van der Waals surface area (Å²) in [5.41, 5.74) is -0.523. The molecule has 4 nitrogen and oxygen atoms in total. The molecule has 0 unspecified atom stereocenters. The second-order valence-corrected chi connectivity index (χ2v) is 3.81. The third kappa shape index (κ3) is 2.57. The van der Waals surface area contributed by atoms with Crippen molar-refractivity contribution in [1.82, 2.24) is 9.97 Å². The molecule has 7 heteroatoms. The average Bonchev–Trinajstić information content (AvgIpc) is 2.30. The van der Waals surface area contributed by atoms with Crippen LogP contribution < -0.4 is 10.3 Å². The van der Waals surface area contributed by atoms with Crippen LogP contribution in [0, 0.1) is 5.82 Å². The minimum Gasteiger partial charge on any atom is -0.437 e. The van der Waals surface area contributed by atoms with Crippen LogP contribution in [0.15, 0.2) is 29.3 Å². The number of aromatic nitrogens is 2. The van der Waals surface area contributed by atoms with Crippen LogP contribution in [0.5, 0.6) is 11.6 Å². The summed E-state index contributed by atoms with van der Waals surface area (Å²) in [5.74, 6) is -0.404. The molecule has 1 N–H and O–H groups in total. The lowest BCUT2D eigenvalue weighted by molar-refractivity contribution is 0.459. The highest BCUT2D eigenvalue weighted by Crippen LogP contribution is 2.27. The number of aromatic amines is 1. The molecular formula is C10H5Cl2FN2O2.